The lowest BCUT2D eigenvalue weighted by Gasteiger charge is -2.35. The molecule has 0 aromatic heterocycles. The highest BCUT2D eigenvalue weighted by Gasteiger charge is 2.65. The highest BCUT2D eigenvalue weighted by Crippen LogP contribution is 2.48. The third-order valence-corrected chi connectivity index (χ3v) is 6.73. The summed E-state index contributed by atoms with van der Waals surface area (Å²) in [6.07, 6.45) is -5.80. The summed E-state index contributed by atoms with van der Waals surface area (Å²) in [7, 11) is 0.782. The maximum absolute atomic E-state index is 14.4. The first-order valence-electron chi connectivity index (χ1n) is 10.7. The van der Waals surface area contributed by atoms with E-state index in [1.165, 1.54) is 31.2 Å². The molecular formula is C25H23F3O6. The second-order valence-electron chi connectivity index (χ2n) is 8.68. The largest absolute Gasteiger partial charge is 0.454 e. The van der Waals surface area contributed by atoms with E-state index in [1.807, 2.05) is 0 Å². The number of alkyl halides is 3. The first-order chi connectivity index (χ1) is 15.9. The van der Waals surface area contributed by atoms with Crippen molar-refractivity contribution in [2.45, 2.75) is 51.2 Å². The molecule has 4 rings (SSSR count). The molecule has 0 saturated carbocycles. The zero-order chi connectivity index (χ0) is 25.0. The molecule has 6 nitrogen and oxygen atoms in total. The molecule has 1 aliphatic heterocycles. The van der Waals surface area contributed by atoms with Gasteiger partial charge in [0.05, 0.1) is 5.92 Å². The molecule has 0 fully saturated rings. The minimum Gasteiger partial charge on any atom is -0.454 e. The number of esters is 2. The number of halogens is 3. The topological polar surface area (TPSA) is 78.9 Å². The molecular weight excluding hydrogens is 453 g/mol. The molecule has 4 atom stereocenters. The first kappa shape index (κ1) is 23.9. The van der Waals surface area contributed by atoms with E-state index in [-0.39, 0.29) is 23.4 Å². The molecule has 0 N–H and O–H groups in total. The number of hydrogen-bond donors (Lipinski definition) is 0. The standard InChI is InChI=1S/C25H23F3O6/c1-12-10-16(29)18-13(2)11-17-20(14(3)22(30)33-17)21(19(12)18)34-23(31)24(32-4,25(26,27)28)15-8-6-5-7-9-15/h5-10,17,19,21H,11H2,1-4H3/t17-,19-,21+,24-/m1/s1. The third-order valence-electron chi connectivity index (χ3n) is 6.73. The predicted octanol–water partition coefficient (Wildman–Crippen LogP) is 4.11. The number of ketones is 1. The Hall–Kier alpha value is -3.20. The number of carbonyl (C=O) groups excluding carboxylic acids is 3. The van der Waals surface area contributed by atoms with Crippen molar-refractivity contribution in [3.8, 4) is 0 Å². The lowest BCUT2D eigenvalue weighted by Crippen LogP contribution is -2.53. The van der Waals surface area contributed by atoms with Crippen molar-refractivity contribution in [3.63, 3.8) is 0 Å². The van der Waals surface area contributed by atoms with Gasteiger partial charge in [0.25, 0.3) is 5.60 Å². The van der Waals surface area contributed by atoms with Gasteiger partial charge in [-0.15, -0.1) is 0 Å². The number of allylic oxidation sites excluding steroid dienone is 1. The molecule has 1 aromatic rings. The van der Waals surface area contributed by atoms with E-state index < -0.39 is 47.4 Å². The third kappa shape index (κ3) is 3.41. The van der Waals surface area contributed by atoms with Crippen molar-refractivity contribution in [1.29, 1.82) is 0 Å². The van der Waals surface area contributed by atoms with Crippen molar-refractivity contribution < 1.29 is 41.8 Å². The SMILES string of the molecule is CO[C@@](C(=O)O[C@@H]1C2=C(C)C(=O)O[C@@H]2CC(C)=C2C(=O)C=C(C)[C@H]21)(c1ccccc1)C(F)(F)F. The summed E-state index contributed by atoms with van der Waals surface area (Å²) >= 11 is 0. The summed E-state index contributed by atoms with van der Waals surface area (Å²) in [4.78, 5) is 38.5. The van der Waals surface area contributed by atoms with E-state index in [9.17, 15) is 27.6 Å². The van der Waals surface area contributed by atoms with Gasteiger partial charge in [0.1, 0.15) is 12.2 Å². The van der Waals surface area contributed by atoms with Gasteiger partial charge in [0, 0.05) is 35.8 Å². The van der Waals surface area contributed by atoms with Crippen LogP contribution in [-0.2, 0) is 34.2 Å². The molecule has 3 aliphatic rings. The van der Waals surface area contributed by atoms with Crippen LogP contribution in [0, 0.1) is 5.92 Å². The fourth-order valence-corrected chi connectivity index (χ4v) is 5.09. The Kier molecular flexibility index (Phi) is 5.80. The Bertz CT molecular complexity index is 1160. The van der Waals surface area contributed by atoms with Gasteiger partial charge in [0.2, 0.25) is 0 Å². The van der Waals surface area contributed by atoms with Crippen molar-refractivity contribution >= 4 is 17.7 Å². The number of rotatable bonds is 4. The molecule has 0 saturated heterocycles. The van der Waals surface area contributed by atoms with Gasteiger partial charge in [-0.2, -0.15) is 13.2 Å². The van der Waals surface area contributed by atoms with Crippen molar-refractivity contribution in [1.82, 2.24) is 0 Å². The van der Waals surface area contributed by atoms with Crippen LogP contribution < -0.4 is 0 Å². The number of benzene rings is 1. The maximum atomic E-state index is 14.4. The van der Waals surface area contributed by atoms with Gasteiger partial charge in [0.15, 0.2) is 5.78 Å². The summed E-state index contributed by atoms with van der Waals surface area (Å²) in [5.41, 5.74) is -1.95. The van der Waals surface area contributed by atoms with Crippen molar-refractivity contribution in [2.75, 3.05) is 7.11 Å². The van der Waals surface area contributed by atoms with Gasteiger partial charge in [-0.05, 0) is 26.8 Å². The molecule has 2 aliphatic carbocycles. The molecule has 0 unspecified atom stereocenters. The van der Waals surface area contributed by atoms with Crippen LogP contribution in [0.3, 0.4) is 0 Å². The lowest BCUT2D eigenvalue weighted by molar-refractivity contribution is -0.278. The fraction of sp³-hybridized carbons (Fsp3) is 0.400. The molecule has 1 aromatic carbocycles. The van der Waals surface area contributed by atoms with Crippen LogP contribution in [0.15, 0.2) is 64.3 Å². The molecule has 0 radical (unpaired) electrons. The van der Waals surface area contributed by atoms with Gasteiger partial charge >= 0.3 is 18.1 Å². The van der Waals surface area contributed by atoms with E-state index in [4.69, 9.17) is 14.2 Å². The highest BCUT2D eigenvalue weighted by molar-refractivity contribution is 6.09. The van der Waals surface area contributed by atoms with Crippen LogP contribution in [0.5, 0.6) is 0 Å². The molecule has 34 heavy (non-hydrogen) atoms. The summed E-state index contributed by atoms with van der Waals surface area (Å²) in [6.45, 7) is 4.82. The minimum absolute atomic E-state index is 0.152. The quantitative estimate of drug-likeness (QED) is 0.609. The van der Waals surface area contributed by atoms with Gasteiger partial charge in [-0.1, -0.05) is 41.5 Å². The second kappa shape index (κ2) is 8.23. The normalized spacial score (nSPS) is 26.4. The molecule has 0 bridgehead atoms. The van der Waals surface area contributed by atoms with E-state index >= 15 is 0 Å². The molecule has 9 heteroatoms. The minimum atomic E-state index is -5.17. The highest BCUT2D eigenvalue weighted by atomic mass is 19.4. The molecule has 180 valence electrons. The number of methoxy groups -OCH3 is 1. The fourth-order valence-electron chi connectivity index (χ4n) is 5.09. The van der Waals surface area contributed by atoms with Crippen molar-refractivity contribution in [3.05, 3.63) is 69.8 Å². The zero-order valence-corrected chi connectivity index (χ0v) is 19.0. The van der Waals surface area contributed by atoms with E-state index in [1.54, 1.807) is 13.8 Å². The van der Waals surface area contributed by atoms with Crippen LogP contribution in [0.1, 0.15) is 32.8 Å². The number of carbonyl (C=O) groups is 3. The van der Waals surface area contributed by atoms with Crippen LogP contribution in [-0.4, -0.2) is 43.2 Å². The second-order valence-corrected chi connectivity index (χ2v) is 8.68. The molecule has 1 heterocycles. The number of fused-ring (bicyclic) bond motifs is 2. The number of ether oxygens (including phenoxy) is 3. The first-order valence-corrected chi connectivity index (χ1v) is 10.7. The van der Waals surface area contributed by atoms with Crippen LogP contribution in [0.2, 0.25) is 0 Å². The van der Waals surface area contributed by atoms with Gasteiger partial charge < -0.3 is 14.2 Å². The summed E-state index contributed by atoms with van der Waals surface area (Å²) < 4.78 is 59.2. The Morgan fingerprint density at radius 1 is 1.09 bits per heavy atom. The summed E-state index contributed by atoms with van der Waals surface area (Å²) in [5, 5.41) is 0. The molecule has 0 spiro atoms. The Morgan fingerprint density at radius 3 is 2.32 bits per heavy atom. The average molecular weight is 476 g/mol. The Balaban J connectivity index is 1.87. The van der Waals surface area contributed by atoms with E-state index in [0.717, 1.165) is 19.2 Å². The van der Waals surface area contributed by atoms with E-state index in [0.29, 0.717) is 16.7 Å². The van der Waals surface area contributed by atoms with Crippen molar-refractivity contribution in [2.24, 2.45) is 5.92 Å². The van der Waals surface area contributed by atoms with E-state index in [2.05, 4.69) is 0 Å². The Morgan fingerprint density at radius 2 is 1.74 bits per heavy atom. The summed E-state index contributed by atoms with van der Waals surface area (Å²) in [6, 6.07) is 6.47. The van der Waals surface area contributed by atoms with Crippen LogP contribution in [0.4, 0.5) is 13.2 Å². The van der Waals surface area contributed by atoms with Crippen LogP contribution in [0.25, 0.3) is 0 Å². The predicted molar refractivity (Wildman–Crippen MR) is 113 cm³/mol. The maximum Gasteiger partial charge on any atom is 0.432 e. The average Bonchev–Trinajstić information content (AvgIpc) is 3.16. The summed E-state index contributed by atoms with van der Waals surface area (Å²) in [5.74, 6) is -3.47. The van der Waals surface area contributed by atoms with Crippen LogP contribution >= 0.6 is 0 Å². The zero-order valence-electron chi connectivity index (χ0n) is 19.0. The lowest BCUT2D eigenvalue weighted by atomic mass is 9.85. The van der Waals surface area contributed by atoms with Gasteiger partial charge in [-0.3, -0.25) is 4.79 Å². The van der Waals surface area contributed by atoms with Gasteiger partial charge in [-0.25, -0.2) is 9.59 Å². The number of hydrogen-bond acceptors (Lipinski definition) is 6. The Labute approximate surface area is 194 Å². The monoisotopic (exact) mass is 476 g/mol. The molecule has 0 amide bonds. The smallest absolute Gasteiger partial charge is 0.432 e.